The molecule has 1 aliphatic heterocycles. The molecule has 166 valence electrons. The summed E-state index contributed by atoms with van der Waals surface area (Å²) < 4.78 is 5.16. The summed E-state index contributed by atoms with van der Waals surface area (Å²) in [5.41, 5.74) is 9.44. The molecular formula is C18H17N7O6S. The largest absolute Gasteiger partial charge is 0.504 e. The Hall–Kier alpha value is -4.30. The van der Waals surface area contributed by atoms with Crippen LogP contribution in [0, 0.1) is 20.2 Å². The highest BCUT2D eigenvalue weighted by Crippen LogP contribution is 2.38. The van der Waals surface area contributed by atoms with E-state index in [1.165, 1.54) is 36.7 Å². The number of rotatable bonds is 7. The number of benzene rings is 2. The van der Waals surface area contributed by atoms with Crippen LogP contribution in [-0.2, 0) is 5.54 Å². The van der Waals surface area contributed by atoms with E-state index >= 15 is 0 Å². The molecule has 2 aromatic rings. The number of nitro groups is 2. The van der Waals surface area contributed by atoms with Gasteiger partial charge in [-0.05, 0) is 42.1 Å². The Morgan fingerprint density at radius 1 is 1.31 bits per heavy atom. The number of nitro benzene ring substituents is 2. The van der Waals surface area contributed by atoms with Crippen molar-refractivity contribution < 1.29 is 19.7 Å². The summed E-state index contributed by atoms with van der Waals surface area (Å²) in [6.45, 7) is 0. The van der Waals surface area contributed by atoms with Crippen LogP contribution < -0.4 is 26.3 Å². The number of methoxy groups -OCH3 is 1. The van der Waals surface area contributed by atoms with Crippen LogP contribution in [0.15, 0.2) is 53.8 Å². The number of anilines is 1. The summed E-state index contributed by atoms with van der Waals surface area (Å²) >= 11 is 4.75. The number of aromatic hydroxyl groups is 1. The highest BCUT2D eigenvalue weighted by atomic mass is 32.1. The Morgan fingerprint density at radius 2 is 2.06 bits per heavy atom. The molecule has 1 unspecified atom stereocenters. The van der Waals surface area contributed by atoms with Crippen molar-refractivity contribution in [3.8, 4) is 11.5 Å². The molecule has 0 saturated carbocycles. The molecule has 0 saturated heterocycles. The SMILES string of the molecule is COc1cc(C2(C=NNC(N)=S)C=CN(c3ccc([N+](=O)[O-])cc3[N+](=O)[O-])N2)ccc1O. The zero-order chi connectivity index (χ0) is 23.5. The van der Waals surface area contributed by atoms with Gasteiger partial charge in [-0.15, -0.1) is 0 Å². The Kier molecular flexibility index (Phi) is 6.17. The number of hydrazine groups is 1. The number of phenols is 1. The number of hydrogen-bond acceptors (Lipinski definition) is 10. The summed E-state index contributed by atoms with van der Waals surface area (Å²) in [5, 5.41) is 37.7. The van der Waals surface area contributed by atoms with Crippen LogP contribution in [0.5, 0.6) is 11.5 Å². The number of hydrazone groups is 1. The second kappa shape index (κ2) is 8.83. The van der Waals surface area contributed by atoms with Crippen molar-refractivity contribution in [3.05, 3.63) is 74.5 Å². The molecule has 14 heteroatoms. The summed E-state index contributed by atoms with van der Waals surface area (Å²) in [5.74, 6) is 0.0991. The molecule has 0 radical (unpaired) electrons. The van der Waals surface area contributed by atoms with Crippen LogP contribution in [0.1, 0.15) is 5.56 Å². The number of nitrogens with two attached hydrogens (primary N) is 1. The van der Waals surface area contributed by atoms with E-state index in [2.05, 4.69) is 16.0 Å². The number of phenolic OH excluding ortho intramolecular Hbond substituents is 1. The lowest BCUT2D eigenvalue weighted by molar-refractivity contribution is -0.393. The molecule has 5 N–H and O–H groups in total. The lowest BCUT2D eigenvalue weighted by Gasteiger charge is -2.28. The minimum atomic E-state index is -1.17. The third-order valence-electron chi connectivity index (χ3n) is 4.52. The van der Waals surface area contributed by atoms with E-state index in [-0.39, 0.29) is 22.3 Å². The van der Waals surface area contributed by atoms with Gasteiger partial charge in [0, 0.05) is 12.3 Å². The molecule has 1 heterocycles. The average molecular weight is 459 g/mol. The molecule has 0 spiro atoms. The van der Waals surface area contributed by atoms with Crippen molar-refractivity contribution in [2.24, 2.45) is 10.8 Å². The van der Waals surface area contributed by atoms with Crippen molar-refractivity contribution >= 4 is 40.6 Å². The molecule has 0 bridgehead atoms. The normalized spacial score (nSPS) is 17.5. The van der Waals surface area contributed by atoms with Gasteiger partial charge in [-0.2, -0.15) is 5.10 Å². The number of thiocarbonyl (C=S) groups is 1. The van der Waals surface area contributed by atoms with Gasteiger partial charge in [0.1, 0.15) is 11.2 Å². The Bertz CT molecular complexity index is 1150. The van der Waals surface area contributed by atoms with Gasteiger partial charge in [-0.25, -0.2) is 5.43 Å². The zero-order valence-electron chi connectivity index (χ0n) is 16.5. The van der Waals surface area contributed by atoms with Gasteiger partial charge < -0.3 is 15.6 Å². The minimum Gasteiger partial charge on any atom is -0.504 e. The number of nitrogens with zero attached hydrogens (tertiary/aromatic N) is 4. The highest BCUT2D eigenvalue weighted by Gasteiger charge is 2.37. The monoisotopic (exact) mass is 459 g/mol. The van der Waals surface area contributed by atoms with Gasteiger partial charge in [-0.1, -0.05) is 6.07 Å². The highest BCUT2D eigenvalue weighted by molar-refractivity contribution is 7.80. The smallest absolute Gasteiger partial charge is 0.301 e. The van der Waals surface area contributed by atoms with Crippen molar-refractivity contribution in [1.29, 1.82) is 0 Å². The van der Waals surface area contributed by atoms with Crippen molar-refractivity contribution in [2.45, 2.75) is 5.54 Å². The molecule has 13 nitrogen and oxygen atoms in total. The summed E-state index contributed by atoms with van der Waals surface area (Å²) in [6, 6.07) is 7.84. The van der Waals surface area contributed by atoms with E-state index in [0.717, 1.165) is 12.1 Å². The number of non-ortho nitro benzene ring substituents is 1. The van der Waals surface area contributed by atoms with E-state index < -0.39 is 26.8 Å². The molecular weight excluding hydrogens is 442 g/mol. The van der Waals surface area contributed by atoms with Gasteiger partial charge in [0.25, 0.3) is 5.69 Å². The van der Waals surface area contributed by atoms with Gasteiger partial charge in [-0.3, -0.25) is 30.7 Å². The van der Waals surface area contributed by atoms with E-state index in [1.807, 2.05) is 0 Å². The molecule has 0 aromatic heterocycles. The molecule has 0 amide bonds. The van der Waals surface area contributed by atoms with E-state index in [0.29, 0.717) is 5.56 Å². The average Bonchev–Trinajstić information content (AvgIpc) is 3.18. The van der Waals surface area contributed by atoms with Crippen molar-refractivity contribution in [2.75, 3.05) is 12.1 Å². The molecule has 32 heavy (non-hydrogen) atoms. The first-order valence-electron chi connectivity index (χ1n) is 8.83. The number of ether oxygens (including phenoxy) is 1. The Labute approximate surface area is 186 Å². The Morgan fingerprint density at radius 3 is 2.69 bits per heavy atom. The van der Waals surface area contributed by atoms with Gasteiger partial charge in [0.2, 0.25) is 0 Å². The second-order valence-electron chi connectivity index (χ2n) is 6.47. The Balaban J connectivity index is 2.06. The number of nitrogens with one attached hydrogen (secondary N) is 2. The maximum absolute atomic E-state index is 11.5. The predicted molar refractivity (Wildman–Crippen MR) is 119 cm³/mol. The topological polar surface area (TPSA) is 181 Å². The fraction of sp³-hybridized carbons (Fsp3) is 0.111. The quantitative estimate of drug-likeness (QED) is 0.205. The predicted octanol–water partition coefficient (Wildman–Crippen LogP) is 1.77. The summed E-state index contributed by atoms with van der Waals surface area (Å²) in [6.07, 6.45) is 4.54. The van der Waals surface area contributed by atoms with Crippen molar-refractivity contribution in [3.63, 3.8) is 0 Å². The van der Waals surface area contributed by atoms with Crippen LogP contribution in [0.4, 0.5) is 17.1 Å². The molecule has 2 aromatic carbocycles. The molecule has 0 fully saturated rings. The fourth-order valence-corrected chi connectivity index (χ4v) is 3.07. The lowest BCUT2D eigenvalue weighted by Crippen LogP contribution is -2.46. The van der Waals surface area contributed by atoms with Crippen LogP contribution in [0.25, 0.3) is 0 Å². The molecule has 1 atom stereocenters. The van der Waals surface area contributed by atoms with Crippen molar-refractivity contribution in [1.82, 2.24) is 10.9 Å². The first-order chi connectivity index (χ1) is 15.2. The van der Waals surface area contributed by atoms with E-state index in [9.17, 15) is 25.3 Å². The molecule has 0 aliphatic carbocycles. The summed E-state index contributed by atoms with van der Waals surface area (Å²) in [4.78, 5) is 21.1. The van der Waals surface area contributed by atoms with E-state index in [1.54, 1.807) is 18.2 Å². The molecule has 3 rings (SSSR count). The zero-order valence-corrected chi connectivity index (χ0v) is 17.3. The molecule has 1 aliphatic rings. The maximum Gasteiger partial charge on any atom is 0.301 e. The fourth-order valence-electron chi connectivity index (χ4n) is 3.02. The van der Waals surface area contributed by atoms with Gasteiger partial charge in [0.05, 0.1) is 29.2 Å². The first-order valence-corrected chi connectivity index (χ1v) is 9.24. The first kappa shape index (κ1) is 22.4. The van der Waals surface area contributed by atoms with Crippen LogP contribution in [-0.4, -0.2) is 33.4 Å². The number of hydrogen-bond donors (Lipinski definition) is 4. The van der Waals surface area contributed by atoms with Gasteiger partial charge >= 0.3 is 5.69 Å². The van der Waals surface area contributed by atoms with E-state index in [4.69, 9.17) is 22.7 Å². The lowest BCUT2D eigenvalue weighted by atomic mass is 9.92. The van der Waals surface area contributed by atoms with Crippen LogP contribution in [0.2, 0.25) is 0 Å². The standard InChI is InChI=1S/C18H17N7O6S/c1-31-16-8-11(2-5-15(16)26)18(10-20-21-17(19)32)6-7-23(22-18)13-4-3-12(24(27)28)9-14(13)25(29)30/h2-10,22,26H,1H3,(H3,19,21,32). The third kappa shape index (κ3) is 4.40. The van der Waals surface area contributed by atoms with Crippen LogP contribution >= 0.6 is 12.2 Å². The van der Waals surface area contributed by atoms with Gasteiger partial charge in [0.15, 0.2) is 16.6 Å². The maximum atomic E-state index is 11.5. The minimum absolute atomic E-state index is 0.0557. The third-order valence-corrected chi connectivity index (χ3v) is 4.61. The van der Waals surface area contributed by atoms with Crippen LogP contribution in [0.3, 0.4) is 0 Å². The summed E-state index contributed by atoms with van der Waals surface area (Å²) in [7, 11) is 1.39. The second-order valence-corrected chi connectivity index (χ2v) is 6.91.